The van der Waals surface area contributed by atoms with Crippen LogP contribution in [0.15, 0.2) is 35.9 Å². The molecule has 1 unspecified atom stereocenters. The molecule has 0 bridgehead atoms. The molecule has 0 saturated carbocycles. The molecule has 0 heterocycles. The highest BCUT2D eigenvalue weighted by Gasteiger charge is 2.36. The van der Waals surface area contributed by atoms with Gasteiger partial charge in [0.25, 0.3) is 0 Å². The molecule has 0 aromatic heterocycles. The van der Waals surface area contributed by atoms with E-state index in [4.69, 9.17) is 0 Å². The fourth-order valence-corrected chi connectivity index (χ4v) is 2.89. The van der Waals surface area contributed by atoms with Crippen molar-refractivity contribution >= 4 is 0 Å². The lowest BCUT2D eigenvalue weighted by Gasteiger charge is -2.40. The number of phenols is 1. The molecule has 2 rings (SSSR count). The lowest BCUT2D eigenvalue weighted by molar-refractivity contribution is 0.275. The summed E-state index contributed by atoms with van der Waals surface area (Å²) in [6.07, 6.45) is 5.93. The van der Waals surface area contributed by atoms with Gasteiger partial charge in [-0.25, -0.2) is 0 Å². The standard InChI is InChI=1S/C16H22O/c1-12(2)16(10-8-13(3)9-11-16)14-4-6-15(17)7-5-14/h4-8,12,17H,9-11H2,1-3H3. The van der Waals surface area contributed by atoms with Crippen molar-refractivity contribution < 1.29 is 5.11 Å². The van der Waals surface area contributed by atoms with Crippen LogP contribution in [0, 0.1) is 5.92 Å². The van der Waals surface area contributed by atoms with E-state index in [1.54, 1.807) is 0 Å². The second-order valence-corrected chi connectivity index (χ2v) is 5.61. The molecular formula is C16H22O. The van der Waals surface area contributed by atoms with E-state index in [0.717, 1.165) is 6.42 Å². The topological polar surface area (TPSA) is 20.2 Å². The van der Waals surface area contributed by atoms with Crippen LogP contribution in [-0.2, 0) is 5.41 Å². The third kappa shape index (κ3) is 2.24. The van der Waals surface area contributed by atoms with Crippen LogP contribution in [0.3, 0.4) is 0 Å². The first-order chi connectivity index (χ1) is 8.04. The number of phenolic OH excluding ortho intramolecular Hbond substituents is 1. The Hall–Kier alpha value is -1.24. The van der Waals surface area contributed by atoms with Gasteiger partial charge >= 0.3 is 0 Å². The van der Waals surface area contributed by atoms with Gasteiger partial charge in [0.2, 0.25) is 0 Å². The van der Waals surface area contributed by atoms with Gasteiger partial charge in [0.05, 0.1) is 0 Å². The Morgan fingerprint density at radius 1 is 1.18 bits per heavy atom. The van der Waals surface area contributed by atoms with E-state index in [2.05, 4.69) is 39.0 Å². The van der Waals surface area contributed by atoms with Crippen molar-refractivity contribution in [1.29, 1.82) is 0 Å². The van der Waals surface area contributed by atoms with Gasteiger partial charge in [-0.1, -0.05) is 37.6 Å². The average Bonchev–Trinajstić information content (AvgIpc) is 2.31. The normalized spacial score (nSPS) is 24.8. The monoisotopic (exact) mass is 230 g/mol. The number of allylic oxidation sites excluding steroid dienone is 2. The molecule has 1 aliphatic carbocycles. The van der Waals surface area contributed by atoms with Crippen LogP contribution >= 0.6 is 0 Å². The van der Waals surface area contributed by atoms with Crippen molar-refractivity contribution in [3.05, 3.63) is 41.5 Å². The third-order valence-corrected chi connectivity index (χ3v) is 4.33. The zero-order chi connectivity index (χ0) is 12.5. The number of hydrogen-bond donors (Lipinski definition) is 1. The lowest BCUT2D eigenvalue weighted by atomic mass is 9.64. The summed E-state index contributed by atoms with van der Waals surface area (Å²) in [6.45, 7) is 6.84. The summed E-state index contributed by atoms with van der Waals surface area (Å²) in [7, 11) is 0. The Bertz CT molecular complexity index is 414. The smallest absolute Gasteiger partial charge is 0.115 e. The first-order valence-corrected chi connectivity index (χ1v) is 6.50. The maximum Gasteiger partial charge on any atom is 0.115 e. The zero-order valence-corrected chi connectivity index (χ0v) is 11.0. The minimum atomic E-state index is 0.257. The quantitative estimate of drug-likeness (QED) is 0.746. The molecular weight excluding hydrogens is 208 g/mol. The minimum Gasteiger partial charge on any atom is -0.508 e. The molecule has 0 aliphatic heterocycles. The van der Waals surface area contributed by atoms with Gasteiger partial charge < -0.3 is 5.11 Å². The van der Waals surface area contributed by atoms with Crippen LogP contribution in [0.25, 0.3) is 0 Å². The molecule has 1 aliphatic rings. The maximum atomic E-state index is 9.41. The van der Waals surface area contributed by atoms with Gasteiger partial charge in [-0.15, -0.1) is 0 Å². The van der Waals surface area contributed by atoms with Gasteiger partial charge in [0.1, 0.15) is 5.75 Å². The van der Waals surface area contributed by atoms with Gasteiger partial charge in [-0.2, -0.15) is 0 Å². The highest BCUT2D eigenvalue weighted by atomic mass is 16.3. The van der Waals surface area contributed by atoms with Crippen LogP contribution < -0.4 is 0 Å². The van der Waals surface area contributed by atoms with Crippen molar-refractivity contribution in [2.24, 2.45) is 5.92 Å². The van der Waals surface area contributed by atoms with Crippen molar-refractivity contribution in [1.82, 2.24) is 0 Å². The average molecular weight is 230 g/mol. The number of benzene rings is 1. The second-order valence-electron chi connectivity index (χ2n) is 5.61. The van der Waals surface area contributed by atoms with E-state index in [9.17, 15) is 5.11 Å². The second kappa shape index (κ2) is 4.56. The van der Waals surface area contributed by atoms with E-state index < -0.39 is 0 Å². The fraction of sp³-hybridized carbons (Fsp3) is 0.500. The van der Waals surface area contributed by atoms with Crippen LogP contribution in [0.5, 0.6) is 5.75 Å². The highest BCUT2D eigenvalue weighted by Crippen LogP contribution is 2.44. The first-order valence-electron chi connectivity index (χ1n) is 6.50. The molecule has 1 aromatic carbocycles. The fourth-order valence-electron chi connectivity index (χ4n) is 2.89. The zero-order valence-electron chi connectivity index (χ0n) is 11.0. The van der Waals surface area contributed by atoms with Gasteiger partial charge in [-0.3, -0.25) is 0 Å². The molecule has 0 amide bonds. The molecule has 1 aromatic rings. The Balaban J connectivity index is 2.39. The summed E-state index contributed by atoms with van der Waals surface area (Å²) in [5.41, 5.74) is 3.14. The molecule has 0 radical (unpaired) electrons. The summed E-state index contributed by atoms with van der Waals surface area (Å²) in [5, 5.41) is 9.41. The van der Waals surface area contributed by atoms with Crippen molar-refractivity contribution in [2.45, 2.75) is 45.4 Å². The van der Waals surface area contributed by atoms with Crippen molar-refractivity contribution in [3.8, 4) is 5.75 Å². The van der Waals surface area contributed by atoms with E-state index in [1.807, 2.05) is 12.1 Å². The number of hydrogen-bond acceptors (Lipinski definition) is 1. The minimum absolute atomic E-state index is 0.257. The summed E-state index contributed by atoms with van der Waals surface area (Å²) >= 11 is 0. The predicted octanol–water partition coefficient (Wildman–Crippen LogP) is 4.42. The van der Waals surface area contributed by atoms with Crippen LogP contribution in [-0.4, -0.2) is 5.11 Å². The van der Waals surface area contributed by atoms with E-state index in [0.29, 0.717) is 11.7 Å². The number of rotatable bonds is 2. The molecule has 0 fully saturated rings. The van der Waals surface area contributed by atoms with Crippen molar-refractivity contribution in [2.75, 3.05) is 0 Å². The van der Waals surface area contributed by atoms with E-state index in [1.165, 1.54) is 24.0 Å². The first kappa shape index (κ1) is 12.2. The molecule has 1 N–H and O–H groups in total. The van der Waals surface area contributed by atoms with Gasteiger partial charge in [0, 0.05) is 5.41 Å². The molecule has 0 spiro atoms. The van der Waals surface area contributed by atoms with E-state index >= 15 is 0 Å². The maximum absolute atomic E-state index is 9.41. The molecule has 1 atom stereocenters. The van der Waals surface area contributed by atoms with Gasteiger partial charge in [0.15, 0.2) is 0 Å². The summed E-state index contributed by atoms with van der Waals surface area (Å²) in [6, 6.07) is 7.79. The van der Waals surface area contributed by atoms with Crippen LogP contribution in [0.4, 0.5) is 0 Å². The summed E-state index contributed by atoms with van der Waals surface area (Å²) in [4.78, 5) is 0. The molecule has 1 nitrogen and oxygen atoms in total. The Morgan fingerprint density at radius 3 is 2.29 bits per heavy atom. The van der Waals surface area contributed by atoms with Crippen molar-refractivity contribution in [3.63, 3.8) is 0 Å². The molecule has 17 heavy (non-hydrogen) atoms. The lowest BCUT2D eigenvalue weighted by Crippen LogP contribution is -2.33. The summed E-state index contributed by atoms with van der Waals surface area (Å²) < 4.78 is 0. The molecule has 1 heteroatoms. The Labute approximate surface area is 104 Å². The van der Waals surface area contributed by atoms with Crippen LogP contribution in [0.2, 0.25) is 0 Å². The molecule has 0 saturated heterocycles. The van der Waals surface area contributed by atoms with Crippen LogP contribution in [0.1, 0.15) is 45.6 Å². The Morgan fingerprint density at radius 2 is 1.82 bits per heavy atom. The third-order valence-electron chi connectivity index (χ3n) is 4.33. The Kier molecular flexibility index (Phi) is 3.28. The number of aromatic hydroxyl groups is 1. The highest BCUT2D eigenvalue weighted by molar-refractivity contribution is 5.34. The SMILES string of the molecule is CC1=CCC(c2ccc(O)cc2)(C(C)C)CC1. The van der Waals surface area contributed by atoms with E-state index in [-0.39, 0.29) is 5.41 Å². The molecule has 92 valence electrons. The van der Waals surface area contributed by atoms with Gasteiger partial charge in [-0.05, 0) is 49.8 Å². The predicted molar refractivity (Wildman–Crippen MR) is 72.2 cm³/mol. The summed E-state index contributed by atoms with van der Waals surface area (Å²) in [5.74, 6) is 0.978. The largest absolute Gasteiger partial charge is 0.508 e.